The van der Waals surface area contributed by atoms with E-state index in [2.05, 4.69) is 31.9 Å². The minimum absolute atomic E-state index is 0.170. The quantitative estimate of drug-likeness (QED) is 0.141. The van der Waals surface area contributed by atoms with Crippen LogP contribution in [0.1, 0.15) is 35.2 Å². The molecule has 1 aliphatic heterocycles. The average Bonchev–Trinajstić information content (AvgIpc) is 3.41. The van der Waals surface area contributed by atoms with E-state index >= 15 is 0 Å². The van der Waals surface area contributed by atoms with Crippen molar-refractivity contribution in [1.29, 1.82) is 0 Å². The first kappa shape index (κ1) is 33.5. The Morgan fingerprint density at radius 2 is 1.69 bits per heavy atom. The normalized spacial score (nSPS) is 14.3. The first-order valence-corrected chi connectivity index (χ1v) is 17.4. The maximum atomic E-state index is 14.3. The van der Waals surface area contributed by atoms with E-state index in [0.29, 0.717) is 54.5 Å². The number of thiazole rings is 1. The Bertz CT molecular complexity index is 2180. The van der Waals surface area contributed by atoms with Gasteiger partial charge in [-0.2, -0.15) is 0 Å². The highest BCUT2D eigenvalue weighted by Crippen LogP contribution is 2.38. The molecule has 0 saturated heterocycles. The summed E-state index contributed by atoms with van der Waals surface area (Å²) < 4.78 is 26.4. The summed E-state index contributed by atoms with van der Waals surface area (Å²) in [5.74, 6) is 1.17. The van der Waals surface area contributed by atoms with Crippen LogP contribution in [0.4, 0.5) is 0 Å². The molecule has 0 radical (unpaired) electrons. The molecule has 11 heteroatoms. The van der Waals surface area contributed by atoms with Crippen LogP contribution < -0.4 is 29.1 Å². The Labute approximate surface area is 297 Å². The molecule has 244 valence electrons. The Morgan fingerprint density at radius 3 is 2.35 bits per heavy atom. The van der Waals surface area contributed by atoms with E-state index < -0.39 is 12.0 Å². The van der Waals surface area contributed by atoms with Crippen LogP contribution in [-0.4, -0.2) is 31.4 Å². The zero-order chi connectivity index (χ0) is 33.8. The van der Waals surface area contributed by atoms with Gasteiger partial charge >= 0.3 is 5.97 Å². The third-order valence-corrected chi connectivity index (χ3v) is 9.75. The average molecular weight is 791 g/mol. The predicted molar refractivity (Wildman–Crippen MR) is 193 cm³/mol. The molecule has 0 bridgehead atoms. The number of esters is 1. The van der Waals surface area contributed by atoms with Crippen molar-refractivity contribution < 1.29 is 23.7 Å². The van der Waals surface area contributed by atoms with Crippen LogP contribution in [0.15, 0.2) is 115 Å². The fourth-order valence-corrected chi connectivity index (χ4v) is 7.23. The van der Waals surface area contributed by atoms with Crippen LogP contribution in [0.2, 0.25) is 0 Å². The monoisotopic (exact) mass is 788 g/mol. The lowest BCUT2D eigenvalue weighted by molar-refractivity contribution is -0.138. The molecule has 0 fully saturated rings. The molecule has 48 heavy (non-hydrogen) atoms. The van der Waals surface area contributed by atoms with Crippen molar-refractivity contribution in [1.82, 2.24) is 4.57 Å². The minimum atomic E-state index is -0.792. The van der Waals surface area contributed by atoms with Crippen molar-refractivity contribution in [2.24, 2.45) is 4.99 Å². The third kappa shape index (κ3) is 6.89. The van der Waals surface area contributed by atoms with E-state index in [-0.39, 0.29) is 17.7 Å². The molecule has 0 N–H and O–H groups in total. The number of nitrogens with zero attached hydrogens (tertiary/aromatic N) is 2. The van der Waals surface area contributed by atoms with Crippen LogP contribution in [0, 0.1) is 0 Å². The van der Waals surface area contributed by atoms with Gasteiger partial charge in [0, 0.05) is 10.0 Å². The highest BCUT2D eigenvalue weighted by Gasteiger charge is 2.35. The molecule has 1 aromatic heterocycles. The lowest BCUT2D eigenvalue weighted by Gasteiger charge is -2.26. The van der Waals surface area contributed by atoms with Gasteiger partial charge in [-0.3, -0.25) is 9.36 Å². The van der Waals surface area contributed by atoms with E-state index in [4.69, 9.17) is 23.9 Å². The maximum Gasteiger partial charge on any atom is 0.338 e. The second-order valence-electron chi connectivity index (χ2n) is 10.7. The number of fused-ring (bicyclic) bond motifs is 1. The fraction of sp³-hybridized carbons (Fsp3) is 0.162. The summed E-state index contributed by atoms with van der Waals surface area (Å²) in [4.78, 5) is 33.4. The largest absolute Gasteiger partial charge is 0.497 e. The standard InChI is InChI=1S/C37H30Br2N2O6S/c1-4-46-36(43)31-32(24-8-6-5-7-9-24)40-37-41(33(31)25-12-16-27(44-2)17-13-25)35(42)30(48-37)20-23-18-28(39)34(29(19-23)45-3)47-21-22-10-14-26(38)15-11-22/h5-20,33H,4,21H2,1-3H3/b30-20-/t33-/m0/s1. The van der Waals surface area contributed by atoms with Gasteiger partial charge in [-0.05, 0) is 82.0 Å². The Morgan fingerprint density at radius 1 is 0.958 bits per heavy atom. The third-order valence-electron chi connectivity index (χ3n) is 7.65. The smallest absolute Gasteiger partial charge is 0.338 e. The topological polar surface area (TPSA) is 88.4 Å². The lowest BCUT2D eigenvalue weighted by atomic mass is 9.93. The van der Waals surface area contributed by atoms with Crippen LogP contribution in [0.5, 0.6) is 17.2 Å². The van der Waals surface area contributed by atoms with Crippen LogP contribution in [0.3, 0.4) is 0 Å². The molecule has 0 saturated carbocycles. The fourth-order valence-electron chi connectivity index (χ4n) is 5.39. The Balaban J connectivity index is 1.49. The van der Waals surface area contributed by atoms with Crippen molar-refractivity contribution in [3.05, 3.63) is 147 Å². The van der Waals surface area contributed by atoms with Crippen LogP contribution in [0.25, 0.3) is 11.8 Å². The van der Waals surface area contributed by atoms with Gasteiger partial charge in [-0.15, -0.1) is 0 Å². The first-order valence-electron chi connectivity index (χ1n) is 15.0. The molecule has 4 aromatic carbocycles. The predicted octanol–water partition coefficient (Wildman–Crippen LogP) is 7.06. The van der Waals surface area contributed by atoms with E-state index in [1.165, 1.54) is 11.3 Å². The number of carbonyl (C=O) groups excluding carboxylic acids is 1. The summed E-state index contributed by atoms with van der Waals surface area (Å²) >= 11 is 8.34. The summed E-state index contributed by atoms with van der Waals surface area (Å²) in [6.45, 7) is 2.27. The second kappa shape index (κ2) is 14.8. The number of methoxy groups -OCH3 is 2. The molecule has 8 nitrogen and oxygen atoms in total. The van der Waals surface area contributed by atoms with E-state index in [1.807, 2.05) is 78.9 Å². The number of hydrogen-bond donors (Lipinski definition) is 0. The van der Waals surface area contributed by atoms with Gasteiger partial charge < -0.3 is 18.9 Å². The molecule has 5 aromatic rings. The number of carbonyl (C=O) groups is 1. The van der Waals surface area contributed by atoms with Crippen molar-refractivity contribution in [3.8, 4) is 17.2 Å². The number of benzene rings is 4. The number of ether oxygens (including phenoxy) is 4. The van der Waals surface area contributed by atoms with Crippen molar-refractivity contribution in [2.45, 2.75) is 19.6 Å². The van der Waals surface area contributed by atoms with Gasteiger partial charge in [0.15, 0.2) is 16.3 Å². The number of halogens is 2. The summed E-state index contributed by atoms with van der Waals surface area (Å²) in [5, 5.41) is 0. The minimum Gasteiger partial charge on any atom is -0.497 e. The molecular weight excluding hydrogens is 760 g/mol. The molecule has 0 unspecified atom stereocenters. The molecule has 0 amide bonds. The highest BCUT2D eigenvalue weighted by molar-refractivity contribution is 9.10. The van der Waals surface area contributed by atoms with Crippen molar-refractivity contribution >= 4 is 60.9 Å². The number of hydrogen-bond acceptors (Lipinski definition) is 8. The summed E-state index contributed by atoms with van der Waals surface area (Å²) in [6.07, 6.45) is 1.79. The summed E-state index contributed by atoms with van der Waals surface area (Å²) in [6, 6.07) is 27.5. The van der Waals surface area contributed by atoms with Gasteiger partial charge in [-0.25, -0.2) is 9.79 Å². The van der Waals surface area contributed by atoms with Gasteiger partial charge in [0.1, 0.15) is 12.4 Å². The van der Waals surface area contributed by atoms with Crippen molar-refractivity contribution in [3.63, 3.8) is 0 Å². The van der Waals surface area contributed by atoms with Crippen molar-refractivity contribution in [2.75, 3.05) is 20.8 Å². The molecular formula is C37H30Br2N2O6S. The van der Waals surface area contributed by atoms with E-state index in [1.54, 1.807) is 43.9 Å². The van der Waals surface area contributed by atoms with E-state index in [0.717, 1.165) is 15.6 Å². The molecule has 1 atom stereocenters. The number of rotatable bonds is 10. The van der Waals surface area contributed by atoms with E-state index in [9.17, 15) is 9.59 Å². The molecule has 6 rings (SSSR count). The number of aromatic nitrogens is 1. The summed E-state index contributed by atoms with van der Waals surface area (Å²) in [5.41, 5.74) is 3.62. The van der Waals surface area contributed by atoms with Crippen LogP contribution in [-0.2, 0) is 16.1 Å². The zero-order valence-electron chi connectivity index (χ0n) is 26.2. The molecule has 0 aliphatic carbocycles. The molecule has 2 heterocycles. The molecule has 1 aliphatic rings. The Hall–Kier alpha value is -4.45. The maximum absolute atomic E-state index is 14.3. The lowest BCUT2D eigenvalue weighted by Crippen LogP contribution is -2.40. The van der Waals surface area contributed by atoms with Gasteiger partial charge in [0.25, 0.3) is 5.56 Å². The molecule has 0 spiro atoms. The van der Waals surface area contributed by atoms with Crippen LogP contribution >= 0.6 is 43.2 Å². The van der Waals surface area contributed by atoms with Gasteiger partial charge in [0.2, 0.25) is 0 Å². The summed E-state index contributed by atoms with van der Waals surface area (Å²) in [7, 11) is 3.16. The SMILES string of the molecule is CCOC(=O)C1=C(c2ccccc2)N=c2s/c(=C\c3cc(Br)c(OCc4ccc(Br)cc4)c(OC)c3)c(=O)n2[C@H]1c1ccc(OC)cc1. The Kier molecular flexibility index (Phi) is 10.3. The zero-order valence-corrected chi connectivity index (χ0v) is 30.2. The second-order valence-corrected chi connectivity index (χ2v) is 13.4. The first-order chi connectivity index (χ1) is 23.3. The highest BCUT2D eigenvalue weighted by atomic mass is 79.9. The van der Waals surface area contributed by atoms with Gasteiger partial charge in [0.05, 0.1) is 47.1 Å². The van der Waals surface area contributed by atoms with Gasteiger partial charge in [-0.1, -0.05) is 81.9 Å².